The van der Waals surface area contributed by atoms with Gasteiger partial charge in [-0.1, -0.05) is 84.6 Å². The molecule has 1 radical (unpaired) electrons. The van der Waals surface area contributed by atoms with Crippen molar-refractivity contribution in [2.45, 2.75) is 73.5 Å². The van der Waals surface area contributed by atoms with E-state index >= 15 is 0 Å². The average molecular weight is 1240 g/mol. The Kier molecular flexibility index (Phi) is 41.7. The minimum Gasteiger partial charge on any atom is -0.383 e. The van der Waals surface area contributed by atoms with E-state index in [4.69, 9.17) is 0 Å². The zero-order chi connectivity index (χ0) is 33.3. The molecule has 0 aromatic carbocycles. The SMILES string of the molecule is C=C/C=C\C(=C/C)N(C(=O)[C@@H]1C[CH-]CN1C(=O)CNC(=O)C=[C-]C1=CCC(F)[CH-]C=C1)C1=CC=CC=C=C1.CC.CC.CC.[W].[W].[W].[Y]. The van der Waals surface area contributed by atoms with Gasteiger partial charge < -0.3 is 21.4 Å². The van der Waals surface area contributed by atoms with Crippen molar-refractivity contribution >= 4 is 17.7 Å². The molecule has 1 aliphatic heterocycles. The number of halogens is 1. The van der Waals surface area contributed by atoms with Gasteiger partial charge in [-0.2, -0.15) is 18.1 Å². The van der Waals surface area contributed by atoms with Gasteiger partial charge in [0.15, 0.2) is 5.91 Å². The van der Waals surface area contributed by atoms with Crippen LogP contribution in [0.4, 0.5) is 4.39 Å². The van der Waals surface area contributed by atoms with E-state index in [9.17, 15) is 18.8 Å². The zero-order valence-corrected chi connectivity index (χ0v) is 40.8. The van der Waals surface area contributed by atoms with Gasteiger partial charge in [0, 0.05) is 108 Å². The Morgan fingerprint density at radius 3 is 2.44 bits per heavy atom. The summed E-state index contributed by atoms with van der Waals surface area (Å²) in [7, 11) is 0. The summed E-state index contributed by atoms with van der Waals surface area (Å²) < 4.78 is 13.4. The summed E-state index contributed by atoms with van der Waals surface area (Å²) in [5.74, 6) is -1.16. The third-order valence-corrected chi connectivity index (χ3v) is 5.88. The van der Waals surface area contributed by atoms with Crippen LogP contribution >= 0.6 is 0 Å². The summed E-state index contributed by atoms with van der Waals surface area (Å²) in [5.41, 5.74) is 4.84. The van der Waals surface area contributed by atoms with Gasteiger partial charge in [-0.25, -0.2) is 12.2 Å². The summed E-state index contributed by atoms with van der Waals surface area (Å²) in [4.78, 5) is 42.2. The van der Waals surface area contributed by atoms with E-state index in [1.165, 1.54) is 17.4 Å². The van der Waals surface area contributed by atoms with Crippen LogP contribution in [0.1, 0.15) is 61.3 Å². The smallest absolute Gasteiger partial charge is 0.251 e. The number of carbonyl (C=O) groups excluding carboxylic acids is 3. The molecular formula is C37H49FN3O3W3Y-3. The molecule has 0 bridgehead atoms. The van der Waals surface area contributed by atoms with Gasteiger partial charge in [-0.3, -0.25) is 18.9 Å². The molecule has 1 heterocycles. The molecule has 2 aliphatic carbocycles. The topological polar surface area (TPSA) is 69.7 Å². The van der Waals surface area contributed by atoms with Crippen LogP contribution in [0.3, 0.4) is 0 Å². The quantitative estimate of drug-likeness (QED) is 0.113. The van der Waals surface area contributed by atoms with Crippen molar-refractivity contribution in [1.29, 1.82) is 0 Å². The van der Waals surface area contributed by atoms with Crippen molar-refractivity contribution in [2.24, 2.45) is 0 Å². The Bertz CT molecular complexity index is 1230. The third kappa shape index (κ3) is 20.5. The fourth-order valence-electron chi connectivity index (χ4n) is 3.98. The van der Waals surface area contributed by atoms with Crippen molar-refractivity contribution in [3.05, 3.63) is 127 Å². The number of carbonyl (C=O) groups is 3. The molecule has 1 N–H and O–H groups in total. The predicted molar refractivity (Wildman–Crippen MR) is 180 cm³/mol. The van der Waals surface area contributed by atoms with Gasteiger partial charge in [0.2, 0.25) is 5.91 Å². The maximum absolute atomic E-state index is 13.8. The number of likely N-dealkylation sites (tertiary alicyclic amines) is 1. The zero-order valence-electron chi connectivity index (χ0n) is 29.1. The first kappa shape index (κ1) is 56.2. The second kappa shape index (κ2) is 35.6. The Morgan fingerprint density at radius 2 is 1.81 bits per heavy atom. The van der Waals surface area contributed by atoms with Crippen molar-refractivity contribution in [3.63, 3.8) is 0 Å². The Hall–Kier alpha value is -1.18. The molecule has 3 aliphatic rings. The average Bonchev–Trinajstić information content (AvgIpc) is 3.27. The van der Waals surface area contributed by atoms with E-state index in [0.717, 1.165) is 0 Å². The number of nitrogens with zero attached hydrogens (tertiary/aromatic N) is 2. The first-order chi connectivity index (χ1) is 21.4. The Labute approximate surface area is 357 Å². The molecule has 0 spiro atoms. The van der Waals surface area contributed by atoms with Crippen LogP contribution in [0.2, 0.25) is 0 Å². The van der Waals surface area contributed by atoms with Gasteiger partial charge in [0.25, 0.3) is 5.91 Å². The molecule has 6 nitrogen and oxygen atoms in total. The van der Waals surface area contributed by atoms with E-state index in [0.29, 0.717) is 29.9 Å². The molecule has 0 aromatic rings. The van der Waals surface area contributed by atoms with Crippen LogP contribution in [-0.4, -0.2) is 52.8 Å². The van der Waals surface area contributed by atoms with Crippen LogP contribution in [0.25, 0.3) is 0 Å². The fourth-order valence-corrected chi connectivity index (χ4v) is 3.98. The summed E-state index contributed by atoms with van der Waals surface area (Å²) in [6.45, 7) is 17.6. The summed E-state index contributed by atoms with van der Waals surface area (Å²) in [5, 5.41) is 2.55. The van der Waals surface area contributed by atoms with E-state index in [1.807, 2.05) is 73.1 Å². The van der Waals surface area contributed by atoms with Crippen LogP contribution < -0.4 is 5.32 Å². The minimum absolute atomic E-state index is 0. The molecule has 2 atom stereocenters. The van der Waals surface area contributed by atoms with Gasteiger partial charge in [0.1, 0.15) is 0 Å². The summed E-state index contributed by atoms with van der Waals surface area (Å²) in [6, 6.07) is -0.731. The molecule has 1 unspecified atom stereocenters. The molecule has 48 heavy (non-hydrogen) atoms. The maximum atomic E-state index is 13.8. The van der Waals surface area contributed by atoms with Crippen molar-refractivity contribution in [1.82, 2.24) is 15.1 Å². The first-order valence-corrected chi connectivity index (χ1v) is 15.4. The van der Waals surface area contributed by atoms with E-state index in [1.54, 1.807) is 59.6 Å². The van der Waals surface area contributed by atoms with Crippen LogP contribution in [0.5, 0.6) is 0 Å². The third-order valence-electron chi connectivity index (χ3n) is 5.88. The number of nitrogens with one attached hydrogen (secondary N) is 1. The molecule has 3 amide bonds. The van der Waals surface area contributed by atoms with Crippen molar-refractivity contribution in [2.75, 3.05) is 13.1 Å². The second-order valence-electron chi connectivity index (χ2n) is 8.49. The number of rotatable bonds is 9. The van der Waals surface area contributed by atoms with E-state index in [-0.39, 0.29) is 121 Å². The van der Waals surface area contributed by atoms with E-state index in [2.05, 4.69) is 23.7 Å². The minimum atomic E-state index is -1.06. The Morgan fingerprint density at radius 1 is 1.15 bits per heavy atom. The van der Waals surface area contributed by atoms with Gasteiger partial charge in [-0.05, 0) is 31.6 Å². The maximum Gasteiger partial charge on any atom is 0.251 e. The standard InChI is InChI=1S/C31H31FN3O3.3C2H6.3W.Y/c1-3-5-14-26(4-2)35(27-15-8-6-7-9-16-27)31(38)28-17-11-22-34(28)30(37)23-33-29(36)21-19-24-12-10-13-25(32)20-18-24;3*1-2;;;;/h3-8,10-16,18,21,25,28H,1,17,20,22-23H2,2H3,(H,33,36);3*1-2H3;;;;/q-3;;;;;;;/b14-5-,26-4+;;;;;;;/t25?,28-;;;;;;;/m0......./s1. The molecule has 1 fully saturated rings. The predicted octanol–water partition coefficient (Wildman–Crippen LogP) is 7.40. The second-order valence-corrected chi connectivity index (χ2v) is 8.49. The largest absolute Gasteiger partial charge is 0.383 e. The number of amides is 3. The molecule has 261 valence electrons. The molecule has 11 heteroatoms. The number of hydrogen-bond acceptors (Lipinski definition) is 3. The number of alkyl halides is 1. The Balaban J connectivity index is -0.000000583. The first-order valence-electron chi connectivity index (χ1n) is 15.4. The fraction of sp³-hybridized carbons (Fsp3) is 0.351. The summed E-state index contributed by atoms with van der Waals surface area (Å²) in [6.07, 6.45) is 27.5. The molecule has 0 saturated carbocycles. The normalized spacial score (nSPS) is 17.1. The van der Waals surface area contributed by atoms with Gasteiger partial charge in [-0.15, -0.1) is 24.8 Å². The molecule has 0 aromatic heterocycles. The summed E-state index contributed by atoms with van der Waals surface area (Å²) >= 11 is 0. The van der Waals surface area contributed by atoms with Crippen LogP contribution in [-0.2, 0) is 110 Å². The molecular weight excluding hydrogens is 1190 g/mol. The van der Waals surface area contributed by atoms with Crippen molar-refractivity contribution in [3.8, 4) is 0 Å². The van der Waals surface area contributed by atoms with Gasteiger partial charge >= 0.3 is 0 Å². The number of hydrogen-bond donors (Lipinski definition) is 1. The van der Waals surface area contributed by atoms with E-state index < -0.39 is 18.1 Å². The number of allylic oxidation sites excluding steroid dienone is 13. The van der Waals surface area contributed by atoms with Crippen LogP contribution in [0, 0.1) is 18.9 Å². The van der Waals surface area contributed by atoms with Gasteiger partial charge in [0.05, 0.1) is 24.5 Å². The monoisotopic (exact) mass is 1240 g/mol. The van der Waals surface area contributed by atoms with Crippen molar-refractivity contribution < 1.29 is 115 Å². The molecule has 1 saturated heterocycles. The van der Waals surface area contributed by atoms with Crippen LogP contribution in [0.15, 0.2) is 108 Å². The molecule has 3 rings (SSSR count).